The average Bonchev–Trinajstić information content (AvgIpc) is 2.07. The van der Waals surface area contributed by atoms with Gasteiger partial charge in [-0.25, -0.2) is 9.97 Å². The monoisotopic (exact) mass is 166 g/mol. The third kappa shape index (κ3) is 1.01. The van der Waals surface area contributed by atoms with Gasteiger partial charge in [0, 0.05) is 0 Å². The van der Waals surface area contributed by atoms with Crippen LogP contribution in [0, 0.1) is 11.9 Å². The lowest BCUT2D eigenvalue weighted by atomic mass is 10.3. The summed E-state index contributed by atoms with van der Waals surface area (Å²) in [6.07, 6.45) is 0. The first kappa shape index (κ1) is 7.09. The van der Waals surface area contributed by atoms with Crippen molar-refractivity contribution in [2.45, 2.75) is 0 Å². The highest BCUT2D eigenvalue weighted by atomic mass is 19.2. The maximum atomic E-state index is 12.5. The van der Waals surface area contributed by atoms with Crippen molar-refractivity contribution in [2.24, 2.45) is 0 Å². The minimum absolute atomic E-state index is 0.358. The molecule has 0 fully saturated rings. The lowest BCUT2D eigenvalue weighted by Crippen LogP contribution is -1.94. The van der Waals surface area contributed by atoms with E-state index in [1.165, 1.54) is 0 Å². The van der Waals surface area contributed by atoms with Gasteiger partial charge in [-0.3, -0.25) is 0 Å². The van der Waals surface area contributed by atoms with E-state index in [0.29, 0.717) is 11.0 Å². The van der Waals surface area contributed by atoms with Crippen LogP contribution >= 0.6 is 0 Å². The summed E-state index contributed by atoms with van der Waals surface area (Å²) in [5.74, 6) is -2.32. The zero-order valence-corrected chi connectivity index (χ0v) is 5.96. The molecule has 0 saturated carbocycles. The highest BCUT2D eigenvalue weighted by Crippen LogP contribution is 2.09. The largest absolute Gasteiger partial charge is 0.269 e. The molecule has 2 nitrogen and oxygen atoms in total. The summed E-state index contributed by atoms with van der Waals surface area (Å²) in [7, 11) is 0. The quantitative estimate of drug-likeness (QED) is 0.597. The van der Waals surface area contributed by atoms with Crippen LogP contribution < -0.4 is 0 Å². The van der Waals surface area contributed by atoms with E-state index in [2.05, 4.69) is 9.97 Å². The zero-order chi connectivity index (χ0) is 8.55. The molecular weight excluding hydrogens is 162 g/mol. The number of aromatic nitrogens is 2. The average molecular weight is 166 g/mol. The lowest BCUT2D eigenvalue weighted by molar-refractivity contribution is 0.459. The second kappa shape index (κ2) is 2.48. The van der Waals surface area contributed by atoms with Gasteiger partial charge in [-0.2, -0.15) is 8.78 Å². The van der Waals surface area contributed by atoms with Crippen molar-refractivity contribution in [2.75, 3.05) is 0 Å². The van der Waals surface area contributed by atoms with Crippen LogP contribution in [0.25, 0.3) is 11.0 Å². The van der Waals surface area contributed by atoms with Crippen LogP contribution in [-0.2, 0) is 0 Å². The van der Waals surface area contributed by atoms with E-state index in [1.807, 2.05) is 0 Å². The van der Waals surface area contributed by atoms with E-state index in [4.69, 9.17) is 0 Å². The van der Waals surface area contributed by atoms with Crippen LogP contribution in [0.1, 0.15) is 0 Å². The summed E-state index contributed by atoms with van der Waals surface area (Å²) in [6, 6.07) is 6.53. The Kier molecular flexibility index (Phi) is 1.46. The van der Waals surface area contributed by atoms with Crippen molar-refractivity contribution >= 4 is 11.0 Å². The van der Waals surface area contributed by atoms with Gasteiger partial charge < -0.3 is 0 Å². The molecule has 1 aromatic heterocycles. The topological polar surface area (TPSA) is 25.8 Å². The highest BCUT2D eigenvalue weighted by Gasteiger charge is 2.05. The molecule has 0 amide bonds. The third-order valence-corrected chi connectivity index (χ3v) is 1.49. The molecule has 0 unspecified atom stereocenters. The Morgan fingerprint density at radius 2 is 1.25 bits per heavy atom. The molecular formula is C8H4F2N2. The number of nitrogens with zero attached hydrogens (tertiary/aromatic N) is 2. The summed E-state index contributed by atoms with van der Waals surface area (Å²) in [5.41, 5.74) is 0.716. The van der Waals surface area contributed by atoms with Gasteiger partial charge in [0.25, 0.3) is 11.9 Å². The van der Waals surface area contributed by atoms with Crippen molar-refractivity contribution in [1.82, 2.24) is 9.97 Å². The molecule has 2 aromatic rings. The van der Waals surface area contributed by atoms with Gasteiger partial charge in [0.1, 0.15) is 0 Å². The van der Waals surface area contributed by atoms with Gasteiger partial charge in [0.2, 0.25) is 0 Å². The summed E-state index contributed by atoms with van der Waals surface area (Å²) in [5, 5.41) is 0. The minimum Gasteiger partial charge on any atom is -0.214 e. The molecule has 0 aliphatic rings. The van der Waals surface area contributed by atoms with Crippen LogP contribution in [0.3, 0.4) is 0 Å². The second-order valence-corrected chi connectivity index (χ2v) is 2.29. The van der Waals surface area contributed by atoms with Crippen molar-refractivity contribution in [3.05, 3.63) is 36.2 Å². The van der Waals surface area contributed by atoms with E-state index < -0.39 is 11.9 Å². The van der Waals surface area contributed by atoms with E-state index in [1.54, 1.807) is 24.3 Å². The highest BCUT2D eigenvalue weighted by molar-refractivity contribution is 5.73. The molecule has 0 bridgehead atoms. The third-order valence-electron chi connectivity index (χ3n) is 1.49. The summed E-state index contributed by atoms with van der Waals surface area (Å²) >= 11 is 0. The maximum Gasteiger partial charge on any atom is 0.269 e. The number of para-hydroxylation sites is 2. The van der Waals surface area contributed by atoms with Gasteiger partial charge in [-0.1, -0.05) is 12.1 Å². The SMILES string of the molecule is Fc1nc2ccccc2nc1F. The number of benzene rings is 1. The number of fused-ring (bicyclic) bond motifs is 1. The maximum absolute atomic E-state index is 12.5. The molecule has 60 valence electrons. The standard InChI is InChI=1S/C8H4F2N2/c9-7-8(10)12-6-4-2-1-3-5(6)11-7/h1-4H. The first-order valence-electron chi connectivity index (χ1n) is 3.35. The molecule has 2 rings (SSSR count). The minimum atomic E-state index is -1.16. The Labute approximate surface area is 66.9 Å². The molecule has 0 spiro atoms. The van der Waals surface area contributed by atoms with Gasteiger partial charge in [0.05, 0.1) is 11.0 Å². The van der Waals surface area contributed by atoms with Crippen LogP contribution in [0.5, 0.6) is 0 Å². The van der Waals surface area contributed by atoms with Crippen LogP contribution in [0.2, 0.25) is 0 Å². The van der Waals surface area contributed by atoms with Gasteiger partial charge in [-0.15, -0.1) is 0 Å². The number of rotatable bonds is 0. The fourth-order valence-corrected chi connectivity index (χ4v) is 0.957. The number of hydrogen-bond acceptors (Lipinski definition) is 2. The molecule has 0 atom stereocenters. The molecule has 0 N–H and O–H groups in total. The molecule has 12 heavy (non-hydrogen) atoms. The van der Waals surface area contributed by atoms with Gasteiger partial charge in [0.15, 0.2) is 0 Å². The predicted molar refractivity (Wildman–Crippen MR) is 39.5 cm³/mol. The van der Waals surface area contributed by atoms with Crippen molar-refractivity contribution < 1.29 is 8.78 Å². The van der Waals surface area contributed by atoms with E-state index >= 15 is 0 Å². The number of halogens is 2. The van der Waals surface area contributed by atoms with E-state index in [0.717, 1.165) is 0 Å². The van der Waals surface area contributed by atoms with Gasteiger partial charge in [-0.05, 0) is 12.1 Å². The molecule has 4 heteroatoms. The van der Waals surface area contributed by atoms with Crippen LogP contribution in [0.4, 0.5) is 8.78 Å². The fourth-order valence-electron chi connectivity index (χ4n) is 0.957. The second-order valence-electron chi connectivity index (χ2n) is 2.29. The molecule has 1 heterocycles. The molecule has 0 aliphatic carbocycles. The lowest BCUT2D eigenvalue weighted by Gasteiger charge is -1.95. The molecule has 1 aromatic carbocycles. The molecule has 0 aliphatic heterocycles. The Bertz CT molecular complexity index is 388. The van der Waals surface area contributed by atoms with Crippen LogP contribution in [-0.4, -0.2) is 9.97 Å². The molecule has 0 saturated heterocycles. The normalized spacial score (nSPS) is 10.5. The summed E-state index contributed by atoms with van der Waals surface area (Å²) in [6.45, 7) is 0. The summed E-state index contributed by atoms with van der Waals surface area (Å²) < 4.78 is 25.0. The Morgan fingerprint density at radius 3 is 1.67 bits per heavy atom. The van der Waals surface area contributed by atoms with E-state index in [9.17, 15) is 8.78 Å². The van der Waals surface area contributed by atoms with Crippen molar-refractivity contribution in [3.8, 4) is 0 Å². The van der Waals surface area contributed by atoms with Gasteiger partial charge >= 0.3 is 0 Å². The smallest absolute Gasteiger partial charge is 0.214 e. The molecule has 0 radical (unpaired) electrons. The first-order valence-corrected chi connectivity index (χ1v) is 3.35. The van der Waals surface area contributed by atoms with Crippen LogP contribution in [0.15, 0.2) is 24.3 Å². The fraction of sp³-hybridized carbons (Fsp3) is 0. The van der Waals surface area contributed by atoms with E-state index in [-0.39, 0.29) is 0 Å². The Hall–Kier alpha value is -1.58. The summed E-state index contributed by atoms with van der Waals surface area (Å²) in [4.78, 5) is 6.74. The first-order chi connectivity index (χ1) is 5.77. The zero-order valence-electron chi connectivity index (χ0n) is 5.96. The Morgan fingerprint density at radius 1 is 0.833 bits per heavy atom. The van der Waals surface area contributed by atoms with Crippen molar-refractivity contribution in [3.63, 3.8) is 0 Å². The van der Waals surface area contributed by atoms with Crippen molar-refractivity contribution in [1.29, 1.82) is 0 Å². The predicted octanol–water partition coefficient (Wildman–Crippen LogP) is 1.91. The Balaban J connectivity index is 2.84. The number of hydrogen-bond donors (Lipinski definition) is 0.